The molecule has 0 fully saturated rings. The zero-order chi connectivity index (χ0) is 17.1. The van der Waals surface area contributed by atoms with Gasteiger partial charge < -0.3 is 5.32 Å². The molecule has 1 aromatic carbocycles. The van der Waals surface area contributed by atoms with E-state index in [2.05, 4.69) is 10.4 Å². The molecule has 124 valence electrons. The largest absolute Gasteiger partial charge is 0.339 e. The first-order valence-corrected chi connectivity index (χ1v) is 8.36. The minimum Gasteiger partial charge on any atom is -0.339 e. The van der Waals surface area contributed by atoms with Gasteiger partial charge >= 0.3 is 0 Å². The van der Waals surface area contributed by atoms with E-state index in [1.165, 1.54) is 35.5 Å². The first-order valence-electron chi connectivity index (χ1n) is 7.48. The molecule has 2 aromatic rings. The van der Waals surface area contributed by atoms with Gasteiger partial charge in [-0.25, -0.2) is 9.40 Å². The number of thiophene rings is 1. The molecule has 3 rings (SSSR count). The van der Waals surface area contributed by atoms with Gasteiger partial charge in [-0.05, 0) is 29.1 Å². The third-order valence-electron chi connectivity index (χ3n) is 3.78. The van der Waals surface area contributed by atoms with Gasteiger partial charge in [0.05, 0.1) is 6.04 Å². The van der Waals surface area contributed by atoms with E-state index in [0.29, 0.717) is 12.1 Å². The smallest absolute Gasteiger partial charge is 0.268 e. The molecule has 0 spiro atoms. The maximum atomic E-state index is 13.2. The molecular formula is C17H16FN3O2S. The lowest BCUT2D eigenvalue weighted by atomic mass is 10.0. The van der Waals surface area contributed by atoms with Gasteiger partial charge in [0, 0.05) is 24.8 Å². The van der Waals surface area contributed by atoms with Gasteiger partial charge in [-0.15, -0.1) is 11.3 Å². The van der Waals surface area contributed by atoms with Crippen LogP contribution >= 0.6 is 11.3 Å². The van der Waals surface area contributed by atoms with Crippen molar-refractivity contribution in [2.75, 3.05) is 7.05 Å². The fourth-order valence-electron chi connectivity index (χ4n) is 2.48. The summed E-state index contributed by atoms with van der Waals surface area (Å²) in [6.07, 6.45) is 0.582. The van der Waals surface area contributed by atoms with Crippen LogP contribution in [0.2, 0.25) is 0 Å². The lowest BCUT2D eigenvalue weighted by molar-refractivity contribution is -0.130. The molecule has 1 atom stereocenters. The number of carbonyl (C=O) groups excluding carboxylic acids is 2. The van der Waals surface area contributed by atoms with Gasteiger partial charge in [0.25, 0.3) is 5.91 Å². The number of amides is 2. The summed E-state index contributed by atoms with van der Waals surface area (Å²) >= 11 is 1.51. The molecular weight excluding hydrogens is 329 g/mol. The van der Waals surface area contributed by atoms with Crippen molar-refractivity contribution in [3.63, 3.8) is 0 Å². The van der Waals surface area contributed by atoms with E-state index >= 15 is 0 Å². The third kappa shape index (κ3) is 3.51. The van der Waals surface area contributed by atoms with Crippen LogP contribution in [0.3, 0.4) is 0 Å². The molecule has 1 aromatic heterocycles. The molecule has 2 heterocycles. The normalized spacial score (nSPS) is 15.8. The van der Waals surface area contributed by atoms with Crippen molar-refractivity contribution in [1.82, 2.24) is 10.3 Å². The Balaban J connectivity index is 1.85. The number of carbonyl (C=O) groups is 2. The molecule has 2 amide bonds. The SMILES string of the molecule is CN1N=C(C(=O)NC(c2ccc(F)cc2)c2cccs2)CCC1=O. The highest BCUT2D eigenvalue weighted by molar-refractivity contribution is 7.10. The van der Waals surface area contributed by atoms with Gasteiger partial charge in [-0.1, -0.05) is 18.2 Å². The van der Waals surface area contributed by atoms with E-state index in [1.807, 2.05) is 17.5 Å². The van der Waals surface area contributed by atoms with E-state index in [1.54, 1.807) is 12.1 Å². The summed E-state index contributed by atoms with van der Waals surface area (Å²) in [7, 11) is 1.53. The van der Waals surface area contributed by atoms with Crippen molar-refractivity contribution in [3.8, 4) is 0 Å². The Hall–Kier alpha value is -2.54. The van der Waals surface area contributed by atoms with E-state index in [0.717, 1.165) is 10.4 Å². The molecule has 7 heteroatoms. The van der Waals surface area contributed by atoms with Crippen LogP contribution in [-0.2, 0) is 9.59 Å². The Kier molecular flexibility index (Phi) is 4.71. The Labute approximate surface area is 142 Å². The van der Waals surface area contributed by atoms with Crippen molar-refractivity contribution < 1.29 is 14.0 Å². The molecule has 0 saturated heterocycles. The van der Waals surface area contributed by atoms with E-state index < -0.39 is 0 Å². The van der Waals surface area contributed by atoms with Gasteiger partial charge in [0.15, 0.2) is 0 Å². The van der Waals surface area contributed by atoms with Crippen LogP contribution in [0.1, 0.15) is 29.3 Å². The molecule has 1 N–H and O–H groups in total. The number of halogens is 1. The lowest BCUT2D eigenvalue weighted by Crippen LogP contribution is -2.39. The van der Waals surface area contributed by atoms with Crippen LogP contribution in [-0.4, -0.2) is 29.6 Å². The fourth-order valence-corrected chi connectivity index (χ4v) is 3.28. The summed E-state index contributed by atoms with van der Waals surface area (Å²) in [5, 5.41) is 10.1. The number of hydrogen-bond acceptors (Lipinski definition) is 4. The second kappa shape index (κ2) is 6.92. The quantitative estimate of drug-likeness (QED) is 0.926. The fraction of sp³-hybridized carbons (Fsp3) is 0.235. The molecule has 0 bridgehead atoms. The Morgan fingerprint density at radius 3 is 2.67 bits per heavy atom. The van der Waals surface area contributed by atoms with Crippen molar-refractivity contribution >= 4 is 28.9 Å². The van der Waals surface area contributed by atoms with Gasteiger partial charge in [-0.2, -0.15) is 5.10 Å². The number of nitrogens with zero attached hydrogens (tertiary/aromatic N) is 2. The average molecular weight is 345 g/mol. The Morgan fingerprint density at radius 2 is 2.04 bits per heavy atom. The summed E-state index contributed by atoms with van der Waals surface area (Å²) in [5.41, 5.74) is 1.11. The van der Waals surface area contributed by atoms with Crippen LogP contribution in [0.25, 0.3) is 0 Å². The van der Waals surface area contributed by atoms with Crippen LogP contribution in [0.4, 0.5) is 4.39 Å². The van der Waals surface area contributed by atoms with E-state index in [4.69, 9.17) is 0 Å². The van der Waals surface area contributed by atoms with Crippen molar-refractivity contribution in [2.24, 2.45) is 5.10 Å². The van der Waals surface area contributed by atoms with Crippen molar-refractivity contribution in [2.45, 2.75) is 18.9 Å². The van der Waals surface area contributed by atoms with Crippen LogP contribution in [0.5, 0.6) is 0 Å². The first-order chi connectivity index (χ1) is 11.5. The summed E-state index contributed by atoms with van der Waals surface area (Å²) in [6, 6.07) is 9.46. The highest BCUT2D eigenvalue weighted by Gasteiger charge is 2.25. The number of hydrazone groups is 1. The third-order valence-corrected chi connectivity index (χ3v) is 4.71. The number of rotatable bonds is 4. The predicted molar refractivity (Wildman–Crippen MR) is 90.1 cm³/mol. The molecule has 1 unspecified atom stereocenters. The molecule has 1 aliphatic heterocycles. The topological polar surface area (TPSA) is 61.8 Å². The molecule has 1 aliphatic rings. The van der Waals surface area contributed by atoms with Crippen LogP contribution in [0, 0.1) is 5.82 Å². The van der Waals surface area contributed by atoms with Crippen LogP contribution in [0.15, 0.2) is 46.9 Å². The van der Waals surface area contributed by atoms with Crippen molar-refractivity contribution in [1.29, 1.82) is 0 Å². The molecule has 24 heavy (non-hydrogen) atoms. The number of benzene rings is 1. The molecule has 0 saturated carbocycles. The maximum Gasteiger partial charge on any atom is 0.268 e. The minimum atomic E-state index is -0.385. The summed E-state index contributed by atoms with van der Waals surface area (Å²) < 4.78 is 13.2. The number of hydrogen-bond donors (Lipinski definition) is 1. The van der Waals surface area contributed by atoms with Gasteiger partial charge in [-0.3, -0.25) is 9.59 Å². The highest BCUT2D eigenvalue weighted by atomic mass is 32.1. The highest BCUT2D eigenvalue weighted by Crippen LogP contribution is 2.26. The zero-order valence-electron chi connectivity index (χ0n) is 13.0. The molecule has 5 nitrogen and oxygen atoms in total. The predicted octanol–water partition coefficient (Wildman–Crippen LogP) is 2.70. The van der Waals surface area contributed by atoms with E-state index in [-0.39, 0.29) is 30.1 Å². The lowest BCUT2D eigenvalue weighted by Gasteiger charge is -2.22. The van der Waals surface area contributed by atoms with Gasteiger partial charge in [0.1, 0.15) is 11.5 Å². The maximum absolute atomic E-state index is 13.2. The molecule has 0 aliphatic carbocycles. The summed E-state index contributed by atoms with van der Waals surface area (Å²) in [5.74, 6) is -0.760. The summed E-state index contributed by atoms with van der Waals surface area (Å²) in [4.78, 5) is 25.0. The second-order valence-corrected chi connectivity index (χ2v) is 6.42. The summed E-state index contributed by atoms with van der Waals surface area (Å²) in [6.45, 7) is 0. The van der Waals surface area contributed by atoms with E-state index in [9.17, 15) is 14.0 Å². The Bertz CT molecular complexity index is 772. The average Bonchev–Trinajstić information content (AvgIpc) is 3.10. The number of nitrogens with one attached hydrogen (secondary N) is 1. The Morgan fingerprint density at radius 1 is 1.29 bits per heavy atom. The zero-order valence-corrected chi connectivity index (χ0v) is 13.8. The minimum absolute atomic E-state index is 0.111. The van der Waals surface area contributed by atoms with Crippen LogP contribution < -0.4 is 5.32 Å². The standard InChI is InChI=1S/C17H16FN3O2S/c1-21-15(22)9-8-13(20-21)17(23)19-16(14-3-2-10-24-14)11-4-6-12(18)7-5-11/h2-7,10,16H,8-9H2,1H3,(H,19,23). The van der Waals surface area contributed by atoms with Crippen molar-refractivity contribution in [3.05, 3.63) is 58.0 Å². The van der Waals surface area contributed by atoms with Gasteiger partial charge in [0.2, 0.25) is 5.91 Å². The molecule has 0 radical (unpaired) electrons. The first kappa shape index (κ1) is 16.3. The monoisotopic (exact) mass is 345 g/mol. The second-order valence-electron chi connectivity index (χ2n) is 5.44.